The number of hydrogen-bond donors (Lipinski definition) is 1. The summed E-state index contributed by atoms with van der Waals surface area (Å²) >= 11 is 6.35. The van der Waals surface area contributed by atoms with Crippen LogP contribution in [0.3, 0.4) is 0 Å². The molecule has 0 unspecified atom stereocenters. The molecule has 0 spiro atoms. The van der Waals surface area contributed by atoms with Crippen LogP contribution in [0.5, 0.6) is 0 Å². The van der Waals surface area contributed by atoms with Crippen LogP contribution in [0.25, 0.3) is 10.9 Å². The van der Waals surface area contributed by atoms with E-state index in [9.17, 15) is 0 Å². The first kappa shape index (κ1) is 14.6. The molecule has 0 amide bonds. The van der Waals surface area contributed by atoms with Gasteiger partial charge < -0.3 is 5.32 Å². The second-order valence-corrected chi connectivity index (χ2v) is 6.82. The molecule has 1 aliphatic rings. The van der Waals surface area contributed by atoms with Crippen LogP contribution in [0.15, 0.2) is 30.3 Å². The Morgan fingerprint density at radius 1 is 1.29 bits per heavy atom. The quantitative estimate of drug-likeness (QED) is 0.794. The van der Waals surface area contributed by atoms with Crippen LogP contribution in [0.4, 0.5) is 5.69 Å². The van der Waals surface area contributed by atoms with Crippen LogP contribution < -0.4 is 5.32 Å². The molecule has 1 aliphatic carbocycles. The van der Waals surface area contributed by atoms with Gasteiger partial charge in [0.1, 0.15) is 0 Å². The molecule has 0 radical (unpaired) electrons. The predicted molar refractivity (Wildman–Crippen MR) is 91.2 cm³/mol. The zero-order chi connectivity index (χ0) is 14.9. The van der Waals surface area contributed by atoms with Gasteiger partial charge in [-0.1, -0.05) is 25.1 Å². The fourth-order valence-electron chi connectivity index (χ4n) is 3.30. The SMILES string of the molecule is Cc1cc(NC2(CCl)CCC(C)CC2)c2ccccc2n1. The van der Waals surface area contributed by atoms with Crippen molar-refractivity contribution < 1.29 is 0 Å². The number of halogens is 1. The van der Waals surface area contributed by atoms with E-state index < -0.39 is 0 Å². The number of benzene rings is 1. The normalized spacial score (nSPS) is 26.0. The molecule has 1 N–H and O–H groups in total. The summed E-state index contributed by atoms with van der Waals surface area (Å²) in [5.74, 6) is 1.48. The maximum absolute atomic E-state index is 6.35. The van der Waals surface area contributed by atoms with E-state index in [1.54, 1.807) is 0 Å². The first-order valence-corrected chi connectivity index (χ1v) is 8.36. The number of aryl methyl sites for hydroxylation is 1. The second kappa shape index (κ2) is 5.84. The second-order valence-electron chi connectivity index (χ2n) is 6.55. The predicted octanol–water partition coefficient (Wildman–Crippen LogP) is 5.14. The molecule has 0 atom stereocenters. The first-order valence-electron chi connectivity index (χ1n) is 7.82. The Hall–Kier alpha value is -1.28. The van der Waals surface area contributed by atoms with Crippen molar-refractivity contribution in [1.29, 1.82) is 0 Å². The number of anilines is 1. The summed E-state index contributed by atoms with van der Waals surface area (Å²) in [6, 6.07) is 10.5. The zero-order valence-corrected chi connectivity index (χ0v) is 13.6. The maximum atomic E-state index is 6.35. The lowest BCUT2D eigenvalue weighted by atomic mass is 9.78. The van der Waals surface area contributed by atoms with Gasteiger partial charge in [-0.15, -0.1) is 11.6 Å². The van der Waals surface area contributed by atoms with Crippen LogP contribution >= 0.6 is 11.6 Å². The van der Waals surface area contributed by atoms with Gasteiger partial charge in [0.25, 0.3) is 0 Å². The molecular formula is C18H23ClN2. The number of aromatic nitrogens is 1. The van der Waals surface area contributed by atoms with E-state index in [1.807, 2.05) is 13.0 Å². The molecule has 3 heteroatoms. The highest BCUT2D eigenvalue weighted by molar-refractivity contribution is 6.19. The van der Waals surface area contributed by atoms with Crippen LogP contribution in [-0.2, 0) is 0 Å². The minimum Gasteiger partial charge on any atom is -0.378 e. The lowest BCUT2D eigenvalue weighted by Crippen LogP contribution is -2.43. The van der Waals surface area contributed by atoms with Gasteiger partial charge in [0.2, 0.25) is 0 Å². The van der Waals surface area contributed by atoms with Crippen molar-refractivity contribution in [2.24, 2.45) is 5.92 Å². The first-order chi connectivity index (χ1) is 10.1. The van der Waals surface area contributed by atoms with E-state index in [0.29, 0.717) is 5.88 Å². The summed E-state index contributed by atoms with van der Waals surface area (Å²) in [6.07, 6.45) is 4.80. The summed E-state index contributed by atoms with van der Waals surface area (Å²) in [6.45, 7) is 4.39. The van der Waals surface area contributed by atoms with Crippen molar-refractivity contribution in [3.63, 3.8) is 0 Å². The van der Waals surface area contributed by atoms with Crippen molar-refractivity contribution in [3.05, 3.63) is 36.0 Å². The summed E-state index contributed by atoms with van der Waals surface area (Å²) in [5, 5.41) is 4.96. The Morgan fingerprint density at radius 2 is 2.00 bits per heavy atom. The van der Waals surface area contributed by atoms with Gasteiger partial charge in [-0.05, 0) is 50.7 Å². The Labute approximate surface area is 131 Å². The number of alkyl halides is 1. The third-order valence-electron chi connectivity index (χ3n) is 4.73. The monoisotopic (exact) mass is 302 g/mol. The van der Waals surface area contributed by atoms with Gasteiger partial charge in [0, 0.05) is 22.6 Å². The van der Waals surface area contributed by atoms with Crippen molar-refractivity contribution in [2.45, 2.75) is 45.1 Å². The van der Waals surface area contributed by atoms with Crippen molar-refractivity contribution >= 4 is 28.2 Å². The lowest BCUT2D eigenvalue weighted by Gasteiger charge is -2.40. The standard InChI is InChI=1S/C18H23ClN2/c1-13-7-9-18(12-19,10-8-13)21-17-11-14(2)20-16-6-4-3-5-15(16)17/h3-6,11,13H,7-10,12H2,1-2H3,(H,20,21). The Morgan fingerprint density at radius 3 is 2.71 bits per heavy atom. The molecule has 1 heterocycles. The third-order valence-corrected chi connectivity index (χ3v) is 5.24. The topological polar surface area (TPSA) is 24.9 Å². The molecule has 1 aromatic carbocycles. The molecule has 1 aromatic heterocycles. The average molecular weight is 303 g/mol. The molecule has 2 nitrogen and oxygen atoms in total. The van der Waals surface area contributed by atoms with Crippen molar-refractivity contribution in [2.75, 3.05) is 11.2 Å². The van der Waals surface area contributed by atoms with Gasteiger partial charge in [0.05, 0.1) is 11.1 Å². The van der Waals surface area contributed by atoms with E-state index >= 15 is 0 Å². The Bertz CT molecular complexity index is 630. The zero-order valence-electron chi connectivity index (χ0n) is 12.8. The Balaban J connectivity index is 1.96. The minimum atomic E-state index is 0.0324. The third kappa shape index (κ3) is 3.01. The molecule has 2 aromatic rings. The van der Waals surface area contributed by atoms with E-state index in [2.05, 4.69) is 41.5 Å². The highest BCUT2D eigenvalue weighted by atomic mass is 35.5. The highest BCUT2D eigenvalue weighted by Crippen LogP contribution is 2.37. The summed E-state index contributed by atoms with van der Waals surface area (Å²) < 4.78 is 0. The molecule has 0 bridgehead atoms. The van der Waals surface area contributed by atoms with Gasteiger partial charge in [-0.3, -0.25) is 4.98 Å². The van der Waals surface area contributed by atoms with Gasteiger partial charge in [-0.25, -0.2) is 0 Å². The van der Waals surface area contributed by atoms with E-state index in [0.717, 1.165) is 30.0 Å². The lowest BCUT2D eigenvalue weighted by molar-refractivity contribution is 0.287. The van der Waals surface area contributed by atoms with Crippen LogP contribution in [-0.4, -0.2) is 16.4 Å². The summed E-state index contributed by atoms with van der Waals surface area (Å²) in [5.41, 5.74) is 3.30. The fourth-order valence-corrected chi connectivity index (χ4v) is 3.64. The maximum Gasteiger partial charge on any atom is 0.0725 e. The number of hydrogen-bond acceptors (Lipinski definition) is 2. The number of para-hydroxylation sites is 1. The molecule has 1 saturated carbocycles. The van der Waals surface area contributed by atoms with Gasteiger partial charge in [-0.2, -0.15) is 0 Å². The largest absolute Gasteiger partial charge is 0.378 e. The van der Waals surface area contributed by atoms with Crippen LogP contribution in [0.2, 0.25) is 0 Å². The minimum absolute atomic E-state index is 0.0324. The molecule has 21 heavy (non-hydrogen) atoms. The summed E-state index contributed by atoms with van der Waals surface area (Å²) in [7, 11) is 0. The molecular weight excluding hydrogens is 280 g/mol. The van der Waals surface area contributed by atoms with Crippen LogP contribution in [0.1, 0.15) is 38.3 Å². The molecule has 0 saturated heterocycles. The van der Waals surface area contributed by atoms with E-state index in [4.69, 9.17) is 11.6 Å². The van der Waals surface area contributed by atoms with E-state index in [1.165, 1.54) is 23.9 Å². The number of nitrogens with one attached hydrogen (secondary N) is 1. The van der Waals surface area contributed by atoms with E-state index in [-0.39, 0.29) is 5.54 Å². The fraction of sp³-hybridized carbons (Fsp3) is 0.500. The van der Waals surface area contributed by atoms with Crippen LogP contribution in [0, 0.1) is 12.8 Å². The number of fused-ring (bicyclic) bond motifs is 1. The smallest absolute Gasteiger partial charge is 0.0725 e. The molecule has 0 aliphatic heterocycles. The Kier molecular flexibility index (Phi) is 4.08. The number of nitrogens with zero attached hydrogens (tertiary/aromatic N) is 1. The molecule has 1 fully saturated rings. The van der Waals surface area contributed by atoms with Gasteiger partial charge >= 0.3 is 0 Å². The van der Waals surface area contributed by atoms with Crippen molar-refractivity contribution in [1.82, 2.24) is 4.98 Å². The van der Waals surface area contributed by atoms with Gasteiger partial charge in [0.15, 0.2) is 0 Å². The average Bonchev–Trinajstić information content (AvgIpc) is 2.50. The molecule has 112 valence electrons. The highest BCUT2D eigenvalue weighted by Gasteiger charge is 2.33. The number of pyridine rings is 1. The van der Waals surface area contributed by atoms with Crippen molar-refractivity contribution in [3.8, 4) is 0 Å². The summed E-state index contributed by atoms with van der Waals surface area (Å²) in [4.78, 5) is 4.62. The molecule has 3 rings (SSSR count). The number of rotatable bonds is 3.